The summed E-state index contributed by atoms with van der Waals surface area (Å²) in [5, 5.41) is 8.97. The van der Waals surface area contributed by atoms with E-state index in [0.29, 0.717) is 28.4 Å². The zero-order valence-electron chi connectivity index (χ0n) is 10.4. The Kier molecular flexibility index (Phi) is 3.13. The molecule has 0 amide bonds. The Morgan fingerprint density at radius 2 is 2.00 bits per heavy atom. The zero-order chi connectivity index (χ0) is 13.9. The molecule has 0 unspecified atom stereocenters. The van der Waals surface area contributed by atoms with Gasteiger partial charge in [0.25, 0.3) is 0 Å². The van der Waals surface area contributed by atoms with E-state index in [9.17, 15) is 4.39 Å². The number of rotatable bonds is 3. The fourth-order valence-electron chi connectivity index (χ4n) is 1.92. The van der Waals surface area contributed by atoms with Gasteiger partial charge in [-0.05, 0) is 30.3 Å². The van der Waals surface area contributed by atoms with Gasteiger partial charge in [-0.25, -0.2) is 4.39 Å². The van der Waals surface area contributed by atoms with Crippen LogP contribution < -0.4 is 14.2 Å². The minimum atomic E-state index is -0.395. The van der Waals surface area contributed by atoms with Crippen molar-refractivity contribution in [2.75, 3.05) is 6.79 Å². The number of hydrogen-bond acceptors (Lipinski definition) is 4. The largest absolute Gasteiger partial charge is 0.489 e. The quantitative estimate of drug-likeness (QED) is 0.861. The van der Waals surface area contributed by atoms with Gasteiger partial charge in [0.1, 0.15) is 18.2 Å². The normalized spacial score (nSPS) is 12.0. The topological polar surface area (TPSA) is 51.5 Å². The van der Waals surface area contributed by atoms with Gasteiger partial charge in [-0.1, -0.05) is 0 Å². The molecule has 0 saturated heterocycles. The summed E-state index contributed by atoms with van der Waals surface area (Å²) in [6, 6.07) is 11.2. The van der Waals surface area contributed by atoms with Crippen LogP contribution in [0.1, 0.15) is 11.1 Å². The van der Waals surface area contributed by atoms with Gasteiger partial charge in [-0.15, -0.1) is 0 Å². The Balaban J connectivity index is 1.77. The lowest BCUT2D eigenvalue weighted by Crippen LogP contribution is -1.99. The Morgan fingerprint density at radius 1 is 1.15 bits per heavy atom. The van der Waals surface area contributed by atoms with Gasteiger partial charge in [0.15, 0.2) is 11.5 Å². The van der Waals surface area contributed by atoms with Crippen LogP contribution in [-0.4, -0.2) is 6.79 Å². The van der Waals surface area contributed by atoms with Crippen molar-refractivity contribution in [2.24, 2.45) is 0 Å². The van der Waals surface area contributed by atoms with Crippen LogP contribution in [0.25, 0.3) is 0 Å². The third-order valence-electron chi connectivity index (χ3n) is 2.93. The van der Waals surface area contributed by atoms with E-state index < -0.39 is 5.82 Å². The molecular formula is C15H10FNO3. The Hall–Kier alpha value is -2.74. The van der Waals surface area contributed by atoms with Crippen molar-refractivity contribution in [3.05, 3.63) is 53.3 Å². The third-order valence-corrected chi connectivity index (χ3v) is 2.93. The van der Waals surface area contributed by atoms with Crippen LogP contribution in [0, 0.1) is 17.1 Å². The van der Waals surface area contributed by atoms with E-state index in [1.54, 1.807) is 18.2 Å². The summed E-state index contributed by atoms with van der Waals surface area (Å²) in [5.74, 6) is 1.46. The number of nitriles is 1. The van der Waals surface area contributed by atoms with Crippen LogP contribution in [-0.2, 0) is 6.61 Å². The van der Waals surface area contributed by atoms with Gasteiger partial charge in [0, 0.05) is 11.6 Å². The van der Waals surface area contributed by atoms with E-state index in [4.69, 9.17) is 19.5 Å². The molecule has 0 aromatic heterocycles. The maximum absolute atomic E-state index is 13.2. The van der Waals surface area contributed by atoms with Gasteiger partial charge < -0.3 is 14.2 Å². The maximum Gasteiger partial charge on any atom is 0.231 e. The fraction of sp³-hybridized carbons (Fsp3) is 0.133. The van der Waals surface area contributed by atoms with Gasteiger partial charge in [-0.3, -0.25) is 0 Å². The summed E-state index contributed by atoms with van der Waals surface area (Å²) < 4.78 is 29.2. The van der Waals surface area contributed by atoms with E-state index in [1.807, 2.05) is 6.07 Å². The van der Waals surface area contributed by atoms with Crippen molar-refractivity contribution < 1.29 is 18.6 Å². The maximum atomic E-state index is 13.2. The highest BCUT2D eigenvalue weighted by atomic mass is 19.1. The van der Waals surface area contributed by atoms with Crippen LogP contribution in [0.15, 0.2) is 36.4 Å². The third kappa shape index (κ3) is 2.36. The highest BCUT2D eigenvalue weighted by Crippen LogP contribution is 2.35. The molecule has 0 bridgehead atoms. The number of fused-ring (bicyclic) bond motifs is 1. The Bertz CT molecular complexity index is 694. The molecule has 4 nitrogen and oxygen atoms in total. The van der Waals surface area contributed by atoms with Crippen LogP contribution in [0.4, 0.5) is 4.39 Å². The smallest absolute Gasteiger partial charge is 0.231 e. The number of ether oxygens (including phenoxy) is 3. The molecule has 0 spiro atoms. The lowest BCUT2D eigenvalue weighted by molar-refractivity contribution is 0.173. The number of halogens is 1. The van der Waals surface area contributed by atoms with Crippen molar-refractivity contribution in [3.8, 4) is 23.3 Å². The summed E-state index contributed by atoms with van der Waals surface area (Å²) >= 11 is 0. The SMILES string of the molecule is N#Cc1ccc(F)cc1COc1ccc2c(c1)OCO2. The monoisotopic (exact) mass is 271 g/mol. The summed E-state index contributed by atoms with van der Waals surface area (Å²) in [7, 11) is 0. The highest BCUT2D eigenvalue weighted by molar-refractivity contribution is 5.47. The summed E-state index contributed by atoms with van der Waals surface area (Å²) in [6.45, 7) is 0.307. The first-order valence-electron chi connectivity index (χ1n) is 5.97. The molecule has 20 heavy (non-hydrogen) atoms. The van der Waals surface area contributed by atoms with E-state index >= 15 is 0 Å². The van der Waals surface area contributed by atoms with E-state index in [2.05, 4.69) is 0 Å². The molecule has 0 fully saturated rings. The Morgan fingerprint density at radius 3 is 2.85 bits per heavy atom. The van der Waals surface area contributed by atoms with E-state index in [0.717, 1.165) is 0 Å². The molecule has 5 heteroatoms. The van der Waals surface area contributed by atoms with Gasteiger partial charge in [-0.2, -0.15) is 5.26 Å². The molecule has 1 heterocycles. The Labute approximate surface area is 114 Å². The highest BCUT2D eigenvalue weighted by Gasteiger charge is 2.14. The molecule has 0 aliphatic carbocycles. The molecule has 2 aromatic rings. The summed E-state index contributed by atoms with van der Waals surface area (Å²) in [4.78, 5) is 0. The first-order chi connectivity index (χ1) is 9.76. The van der Waals surface area contributed by atoms with E-state index in [1.165, 1.54) is 18.2 Å². The lowest BCUT2D eigenvalue weighted by Gasteiger charge is -2.08. The average molecular weight is 271 g/mol. The number of hydrogen-bond donors (Lipinski definition) is 0. The minimum absolute atomic E-state index is 0.111. The molecular weight excluding hydrogens is 261 g/mol. The fourth-order valence-corrected chi connectivity index (χ4v) is 1.92. The first-order valence-corrected chi connectivity index (χ1v) is 5.97. The minimum Gasteiger partial charge on any atom is -0.489 e. The summed E-state index contributed by atoms with van der Waals surface area (Å²) in [5.41, 5.74) is 0.900. The van der Waals surface area contributed by atoms with Gasteiger partial charge in [0.2, 0.25) is 6.79 Å². The van der Waals surface area contributed by atoms with Crippen molar-refractivity contribution >= 4 is 0 Å². The number of benzene rings is 2. The van der Waals surface area contributed by atoms with Crippen LogP contribution in [0.3, 0.4) is 0 Å². The predicted octanol–water partition coefficient (Wildman–Crippen LogP) is 3.01. The molecule has 2 aromatic carbocycles. The second kappa shape index (κ2) is 5.10. The average Bonchev–Trinajstić information content (AvgIpc) is 2.92. The second-order valence-corrected chi connectivity index (χ2v) is 4.22. The lowest BCUT2D eigenvalue weighted by atomic mass is 10.1. The van der Waals surface area contributed by atoms with Crippen LogP contribution in [0.2, 0.25) is 0 Å². The first kappa shape index (κ1) is 12.3. The van der Waals surface area contributed by atoms with Gasteiger partial charge in [0.05, 0.1) is 11.6 Å². The molecule has 1 aliphatic heterocycles. The molecule has 3 rings (SSSR count). The second-order valence-electron chi connectivity index (χ2n) is 4.22. The van der Waals surface area contributed by atoms with Crippen molar-refractivity contribution in [1.82, 2.24) is 0 Å². The molecule has 0 N–H and O–H groups in total. The van der Waals surface area contributed by atoms with Crippen molar-refractivity contribution in [2.45, 2.75) is 6.61 Å². The molecule has 100 valence electrons. The van der Waals surface area contributed by atoms with Crippen LogP contribution in [0.5, 0.6) is 17.2 Å². The zero-order valence-corrected chi connectivity index (χ0v) is 10.4. The van der Waals surface area contributed by atoms with Gasteiger partial charge >= 0.3 is 0 Å². The molecule has 0 saturated carbocycles. The standard InChI is InChI=1S/C15H10FNO3/c16-12-2-1-10(7-17)11(5-12)8-18-13-3-4-14-15(6-13)20-9-19-14/h1-6H,8-9H2. The number of nitrogens with zero attached hydrogens (tertiary/aromatic N) is 1. The van der Waals surface area contributed by atoms with Crippen molar-refractivity contribution in [1.29, 1.82) is 5.26 Å². The van der Waals surface area contributed by atoms with Crippen LogP contribution >= 0.6 is 0 Å². The molecule has 0 radical (unpaired) electrons. The summed E-state index contributed by atoms with van der Waals surface area (Å²) in [6.07, 6.45) is 0. The predicted molar refractivity (Wildman–Crippen MR) is 68.0 cm³/mol. The molecule has 0 atom stereocenters. The van der Waals surface area contributed by atoms with E-state index in [-0.39, 0.29) is 13.4 Å². The molecule has 1 aliphatic rings. The van der Waals surface area contributed by atoms with Crippen molar-refractivity contribution in [3.63, 3.8) is 0 Å².